The third-order valence-electron chi connectivity index (χ3n) is 4.46. The summed E-state index contributed by atoms with van der Waals surface area (Å²) in [5.74, 6) is -1.22. The standard InChI is InChI=1S/C22H19BrN2O3/c1-25(18-14-24-19(23)13-17(18)22(27)28-2)21(26)20(15-9-5-3-6-10-15)16-11-7-4-8-12-16/h3-14,20H,1-2H3. The summed E-state index contributed by atoms with van der Waals surface area (Å²) in [5.41, 5.74) is 2.39. The number of carbonyl (C=O) groups excluding carboxylic acids is 2. The van der Waals surface area contributed by atoms with Crippen LogP contribution in [-0.4, -0.2) is 31.0 Å². The van der Waals surface area contributed by atoms with Crippen LogP contribution in [0.2, 0.25) is 0 Å². The number of rotatable bonds is 5. The van der Waals surface area contributed by atoms with E-state index in [0.717, 1.165) is 11.1 Å². The first-order chi connectivity index (χ1) is 13.5. The van der Waals surface area contributed by atoms with Gasteiger partial charge in [-0.3, -0.25) is 4.79 Å². The Morgan fingerprint density at radius 2 is 1.54 bits per heavy atom. The van der Waals surface area contributed by atoms with E-state index in [1.807, 2.05) is 60.7 Å². The van der Waals surface area contributed by atoms with Crippen molar-refractivity contribution in [2.75, 3.05) is 19.1 Å². The number of ether oxygens (including phenoxy) is 1. The molecule has 0 bridgehead atoms. The molecule has 0 radical (unpaired) electrons. The zero-order chi connectivity index (χ0) is 20.1. The van der Waals surface area contributed by atoms with Crippen LogP contribution >= 0.6 is 15.9 Å². The number of carbonyl (C=O) groups is 2. The number of nitrogens with zero attached hydrogens (tertiary/aromatic N) is 2. The third kappa shape index (κ3) is 4.12. The minimum atomic E-state index is -0.534. The van der Waals surface area contributed by atoms with Gasteiger partial charge in [0.15, 0.2) is 0 Å². The zero-order valence-electron chi connectivity index (χ0n) is 15.5. The van der Waals surface area contributed by atoms with Crippen molar-refractivity contribution in [2.45, 2.75) is 5.92 Å². The van der Waals surface area contributed by atoms with Gasteiger partial charge in [-0.05, 0) is 33.1 Å². The maximum atomic E-state index is 13.5. The Labute approximate surface area is 172 Å². The van der Waals surface area contributed by atoms with Crippen molar-refractivity contribution in [3.05, 3.63) is 94.2 Å². The minimum Gasteiger partial charge on any atom is -0.465 e. The van der Waals surface area contributed by atoms with E-state index >= 15 is 0 Å². The second-order valence-corrected chi connectivity index (χ2v) is 6.98. The lowest BCUT2D eigenvalue weighted by Gasteiger charge is -2.25. The molecule has 142 valence electrons. The van der Waals surface area contributed by atoms with Gasteiger partial charge in [-0.25, -0.2) is 9.78 Å². The Balaban J connectivity index is 2.06. The molecule has 0 aliphatic heterocycles. The molecule has 3 aromatic rings. The first-order valence-electron chi connectivity index (χ1n) is 8.64. The highest BCUT2D eigenvalue weighted by Crippen LogP contribution is 2.30. The van der Waals surface area contributed by atoms with Crippen LogP contribution in [0, 0.1) is 0 Å². The summed E-state index contributed by atoms with van der Waals surface area (Å²) in [6, 6.07) is 20.7. The van der Waals surface area contributed by atoms with Crippen molar-refractivity contribution >= 4 is 33.5 Å². The lowest BCUT2D eigenvalue weighted by Crippen LogP contribution is -2.33. The molecule has 6 heteroatoms. The van der Waals surface area contributed by atoms with Crippen LogP contribution < -0.4 is 4.90 Å². The zero-order valence-corrected chi connectivity index (χ0v) is 17.1. The molecule has 0 N–H and O–H groups in total. The molecule has 0 unspecified atom stereocenters. The summed E-state index contributed by atoms with van der Waals surface area (Å²) in [4.78, 5) is 31.4. The summed E-state index contributed by atoms with van der Waals surface area (Å²) in [6.45, 7) is 0. The number of anilines is 1. The molecule has 5 nitrogen and oxygen atoms in total. The minimum absolute atomic E-state index is 0.174. The molecule has 0 aliphatic carbocycles. The van der Waals surface area contributed by atoms with Gasteiger partial charge in [0, 0.05) is 7.05 Å². The molecular weight excluding hydrogens is 420 g/mol. The van der Waals surface area contributed by atoms with E-state index in [-0.39, 0.29) is 11.5 Å². The molecule has 3 rings (SSSR count). The van der Waals surface area contributed by atoms with Crippen molar-refractivity contribution in [2.24, 2.45) is 0 Å². The Morgan fingerprint density at radius 1 is 1.00 bits per heavy atom. The number of benzene rings is 2. The maximum absolute atomic E-state index is 13.5. The quantitative estimate of drug-likeness (QED) is 0.436. The second kappa shape index (κ2) is 8.80. The molecule has 1 heterocycles. The number of hydrogen-bond acceptors (Lipinski definition) is 4. The molecule has 1 aromatic heterocycles. The van der Waals surface area contributed by atoms with Crippen LogP contribution in [0.4, 0.5) is 5.69 Å². The topological polar surface area (TPSA) is 59.5 Å². The van der Waals surface area contributed by atoms with E-state index in [1.54, 1.807) is 13.1 Å². The molecule has 0 aliphatic rings. The van der Waals surface area contributed by atoms with Gasteiger partial charge in [0.25, 0.3) is 0 Å². The highest BCUT2D eigenvalue weighted by atomic mass is 79.9. The molecule has 0 spiro atoms. The molecule has 0 atom stereocenters. The van der Waals surface area contributed by atoms with E-state index in [9.17, 15) is 9.59 Å². The third-order valence-corrected chi connectivity index (χ3v) is 4.89. The summed E-state index contributed by atoms with van der Waals surface area (Å²) in [5, 5.41) is 0. The average molecular weight is 439 g/mol. The first kappa shape index (κ1) is 19.8. The van der Waals surface area contributed by atoms with Crippen LogP contribution in [0.3, 0.4) is 0 Å². The monoisotopic (exact) mass is 438 g/mol. The number of halogens is 1. The number of amides is 1. The van der Waals surface area contributed by atoms with Gasteiger partial charge in [-0.15, -0.1) is 0 Å². The fraction of sp³-hybridized carbons (Fsp3) is 0.136. The fourth-order valence-corrected chi connectivity index (χ4v) is 3.38. The van der Waals surface area contributed by atoms with Gasteiger partial charge in [0.1, 0.15) is 4.60 Å². The Bertz CT molecular complexity index is 938. The van der Waals surface area contributed by atoms with Crippen molar-refractivity contribution in [1.82, 2.24) is 4.98 Å². The molecule has 0 fully saturated rings. The lowest BCUT2D eigenvalue weighted by molar-refractivity contribution is -0.118. The van der Waals surface area contributed by atoms with Crippen LogP contribution in [0.25, 0.3) is 0 Å². The lowest BCUT2D eigenvalue weighted by atomic mass is 9.90. The predicted molar refractivity (Wildman–Crippen MR) is 111 cm³/mol. The molecule has 0 saturated carbocycles. The largest absolute Gasteiger partial charge is 0.465 e. The average Bonchev–Trinajstić information content (AvgIpc) is 2.74. The van der Waals surface area contributed by atoms with Crippen LogP contribution in [0.15, 0.2) is 77.5 Å². The number of aromatic nitrogens is 1. The van der Waals surface area contributed by atoms with E-state index < -0.39 is 11.9 Å². The first-order valence-corrected chi connectivity index (χ1v) is 9.43. The molecule has 2 aromatic carbocycles. The van der Waals surface area contributed by atoms with Gasteiger partial charge in [0.2, 0.25) is 5.91 Å². The fourth-order valence-electron chi connectivity index (χ4n) is 3.04. The predicted octanol–water partition coefficient (Wildman–Crippen LogP) is 4.43. The summed E-state index contributed by atoms with van der Waals surface area (Å²) >= 11 is 3.26. The van der Waals surface area contributed by atoms with Gasteiger partial charge >= 0.3 is 5.97 Å². The number of hydrogen-bond donors (Lipinski definition) is 0. The van der Waals surface area contributed by atoms with Crippen molar-refractivity contribution in [3.8, 4) is 0 Å². The van der Waals surface area contributed by atoms with E-state index in [2.05, 4.69) is 20.9 Å². The Hall–Kier alpha value is -2.99. The van der Waals surface area contributed by atoms with Crippen molar-refractivity contribution in [3.63, 3.8) is 0 Å². The Kier molecular flexibility index (Phi) is 6.21. The summed E-state index contributed by atoms with van der Waals surface area (Å²) < 4.78 is 5.35. The molecule has 1 amide bonds. The normalized spacial score (nSPS) is 10.6. The number of pyridine rings is 1. The SMILES string of the molecule is COC(=O)c1cc(Br)ncc1N(C)C(=O)C(c1ccccc1)c1ccccc1. The Morgan fingerprint density at radius 3 is 2.04 bits per heavy atom. The van der Waals surface area contributed by atoms with Gasteiger partial charge in [-0.1, -0.05) is 60.7 Å². The van der Waals surface area contributed by atoms with Crippen molar-refractivity contribution < 1.29 is 14.3 Å². The highest BCUT2D eigenvalue weighted by Gasteiger charge is 2.29. The maximum Gasteiger partial charge on any atom is 0.340 e. The number of methoxy groups -OCH3 is 1. The number of esters is 1. The van der Waals surface area contributed by atoms with E-state index in [1.165, 1.54) is 18.2 Å². The summed E-state index contributed by atoms with van der Waals surface area (Å²) in [7, 11) is 2.94. The number of likely N-dealkylation sites (N-methyl/N-ethyl adjacent to an activating group) is 1. The highest BCUT2D eigenvalue weighted by molar-refractivity contribution is 9.10. The van der Waals surface area contributed by atoms with Crippen LogP contribution in [-0.2, 0) is 9.53 Å². The molecule has 0 saturated heterocycles. The van der Waals surface area contributed by atoms with Gasteiger partial charge in [0.05, 0.1) is 30.5 Å². The second-order valence-electron chi connectivity index (χ2n) is 6.17. The smallest absolute Gasteiger partial charge is 0.340 e. The van der Waals surface area contributed by atoms with Crippen molar-refractivity contribution in [1.29, 1.82) is 0 Å². The molecule has 28 heavy (non-hydrogen) atoms. The van der Waals surface area contributed by atoms with Gasteiger partial charge in [-0.2, -0.15) is 0 Å². The van der Waals surface area contributed by atoms with E-state index in [4.69, 9.17) is 4.74 Å². The van der Waals surface area contributed by atoms with Gasteiger partial charge < -0.3 is 9.64 Å². The van der Waals surface area contributed by atoms with E-state index in [0.29, 0.717) is 10.3 Å². The summed E-state index contributed by atoms with van der Waals surface area (Å²) in [6.07, 6.45) is 1.49. The van der Waals surface area contributed by atoms with Crippen LogP contribution in [0.5, 0.6) is 0 Å². The van der Waals surface area contributed by atoms with Crippen LogP contribution in [0.1, 0.15) is 27.4 Å². The molecular formula is C22H19BrN2O3.